The fourth-order valence-corrected chi connectivity index (χ4v) is 4.78. The summed E-state index contributed by atoms with van der Waals surface area (Å²) >= 11 is 6.41. The van der Waals surface area contributed by atoms with Gasteiger partial charge in [0, 0.05) is 43.6 Å². The minimum absolute atomic E-state index is 0.00982. The molecule has 2 amide bonds. The van der Waals surface area contributed by atoms with Gasteiger partial charge in [0.2, 0.25) is 11.9 Å². The minimum atomic E-state index is -0.364. The van der Waals surface area contributed by atoms with Crippen molar-refractivity contribution < 1.29 is 14.0 Å². The molecule has 2 fully saturated rings. The quantitative estimate of drug-likeness (QED) is 0.710. The lowest BCUT2D eigenvalue weighted by Crippen LogP contribution is -2.39. The molecule has 1 atom stereocenters. The number of halogens is 2. The van der Waals surface area contributed by atoms with Gasteiger partial charge < -0.3 is 15.5 Å². The molecule has 1 aliphatic heterocycles. The molecule has 1 unspecified atom stereocenters. The highest BCUT2D eigenvalue weighted by Crippen LogP contribution is 2.32. The van der Waals surface area contributed by atoms with E-state index in [0.29, 0.717) is 29.6 Å². The Morgan fingerprint density at radius 1 is 1.09 bits per heavy atom. The second-order valence-corrected chi connectivity index (χ2v) is 8.97. The highest BCUT2D eigenvalue weighted by Gasteiger charge is 2.31. The van der Waals surface area contributed by atoms with Gasteiger partial charge in [0.25, 0.3) is 5.91 Å². The highest BCUT2D eigenvalue weighted by molar-refractivity contribution is 6.31. The predicted octanol–water partition coefficient (Wildman–Crippen LogP) is 3.76. The number of rotatable bonds is 5. The zero-order chi connectivity index (χ0) is 22.7. The van der Waals surface area contributed by atoms with Gasteiger partial charge in [-0.05, 0) is 56.4 Å². The summed E-state index contributed by atoms with van der Waals surface area (Å²) in [6.45, 7) is 2.65. The van der Waals surface area contributed by atoms with E-state index in [4.69, 9.17) is 11.6 Å². The van der Waals surface area contributed by atoms with Crippen LogP contribution in [0.15, 0.2) is 30.5 Å². The number of nitrogens with zero attached hydrogens (tertiary/aromatic N) is 3. The van der Waals surface area contributed by atoms with Crippen LogP contribution < -0.4 is 10.6 Å². The predicted molar refractivity (Wildman–Crippen MR) is 120 cm³/mol. The van der Waals surface area contributed by atoms with Gasteiger partial charge in [-0.1, -0.05) is 11.6 Å². The molecule has 9 heteroatoms. The van der Waals surface area contributed by atoms with Gasteiger partial charge in [0.05, 0.1) is 16.9 Å². The third kappa shape index (κ3) is 5.35. The normalized spacial score (nSPS) is 23.1. The van der Waals surface area contributed by atoms with Crippen molar-refractivity contribution in [2.75, 3.05) is 18.4 Å². The van der Waals surface area contributed by atoms with Crippen molar-refractivity contribution in [1.82, 2.24) is 20.2 Å². The summed E-state index contributed by atoms with van der Waals surface area (Å²) in [7, 11) is 0. The molecular formula is C23H27ClFN5O2. The van der Waals surface area contributed by atoms with Crippen molar-refractivity contribution in [3.05, 3.63) is 52.6 Å². The molecule has 2 aliphatic rings. The summed E-state index contributed by atoms with van der Waals surface area (Å²) in [6.07, 6.45) is 6.05. The van der Waals surface area contributed by atoms with E-state index in [1.165, 1.54) is 24.3 Å². The number of likely N-dealkylation sites (tertiary alicyclic amines) is 1. The van der Waals surface area contributed by atoms with Crippen molar-refractivity contribution >= 4 is 29.4 Å². The topological polar surface area (TPSA) is 87.2 Å². The second kappa shape index (κ2) is 9.81. The number of benzene rings is 1. The zero-order valence-corrected chi connectivity index (χ0v) is 18.7. The van der Waals surface area contributed by atoms with Crippen molar-refractivity contribution in [2.24, 2.45) is 0 Å². The molecule has 2 heterocycles. The average Bonchev–Trinajstić information content (AvgIpc) is 3.26. The Morgan fingerprint density at radius 3 is 2.47 bits per heavy atom. The molecule has 4 rings (SSSR count). The maximum Gasteiger partial charge on any atom is 0.253 e. The summed E-state index contributed by atoms with van der Waals surface area (Å²) in [4.78, 5) is 34.8. The fourth-order valence-electron chi connectivity index (χ4n) is 4.53. The Hall–Kier alpha value is -2.74. The van der Waals surface area contributed by atoms with E-state index in [0.717, 1.165) is 37.8 Å². The molecule has 1 saturated carbocycles. The van der Waals surface area contributed by atoms with E-state index in [1.807, 2.05) is 0 Å². The fraction of sp³-hybridized carbons (Fsp3) is 0.478. The molecule has 170 valence electrons. The molecule has 2 aromatic rings. The number of amides is 2. The van der Waals surface area contributed by atoms with Gasteiger partial charge in [-0.2, -0.15) is 0 Å². The van der Waals surface area contributed by atoms with Crippen LogP contribution in [0.4, 0.5) is 10.3 Å². The molecule has 32 heavy (non-hydrogen) atoms. The van der Waals surface area contributed by atoms with E-state index in [9.17, 15) is 14.0 Å². The van der Waals surface area contributed by atoms with Crippen LogP contribution in [-0.2, 0) is 4.79 Å². The first kappa shape index (κ1) is 22.5. The third-order valence-electron chi connectivity index (χ3n) is 6.19. The number of aromatic nitrogens is 2. The van der Waals surface area contributed by atoms with Gasteiger partial charge in [-0.25, -0.2) is 14.4 Å². The summed E-state index contributed by atoms with van der Waals surface area (Å²) in [5.74, 6) is 0.0847. The molecule has 0 radical (unpaired) electrons. The lowest BCUT2D eigenvalue weighted by atomic mass is 9.91. The third-order valence-corrected chi connectivity index (χ3v) is 6.48. The molecule has 0 spiro atoms. The number of carbonyl (C=O) groups excluding carboxylic acids is 2. The summed E-state index contributed by atoms with van der Waals surface area (Å²) in [6, 6.07) is 6.08. The van der Waals surface area contributed by atoms with Crippen LogP contribution in [0.3, 0.4) is 0 Å². The van der Waals surface area contributed by atoms with Crippen LogP contribution in [0.2, 0.25) is 5.02 Å². The number of anilines is 1. The van der Waals surface area contributed by atoms with Crippen LogP contribution in [-0.4, -0.2) is 51.9 Å². The van der Waals surface area contributed by atoms with Crippen LogP contribution in [0.1, 0.15) is 61.0 Å². The van der Waals surface area contributed by atoms with E-state index in [1.54, 1.807) is 18.0 Å². The Morgan fingerprint density at radius 2 is 1.78 bits per heavy atom. The zero-order valence-electron chi connectivity index (χ0n) is 18.0. The molecule has 7 nitrogen and oxygen atoms in total. The SMILES string of the molecule is CC(=O)N[C@H]1CC[C@H](Nc2ncc(Cl)c(C3CCN(C(=O)c4ccc(F)cc4)C3)n2)CC1. The largest absolute Gasteiger partial charge is 0.354 e. The smallest absolute Gasteiger partial charge is 0.253 e. The van der Waals surface area contributed by atoms with Crippen LogP contribution in [0.5, 0.6) is 0 Å². The molecular weight excluding hydrogens is 433 g/mol. The van der Waals surface area contributed by atoms with Gasteiger partial charge in [0.15, 0.2) is 0 Å². The summed E-state index contributed by atoms with van der Waals surface area (Å²) in [5, 5.41) is 6.87. The molecule has 1 aliphatic carbocycles. The lowest BCUT2D eigenvalue weighted by molar-refractivity contribution is -0.119. The number of hydrogen-bond acceptors (Lipinski definition) is 5. The van der Waals surface area contributed by atoms with Crippen LogP contribution in [0.25, 0.3) is 0 Å². The van der Waals surface area contributed by atoms with Crippen molar-refractivity contribution in [3.63, 3.8) is 0 Å². The Kier molecular flexibility index (Phi) is 6.89. The average molecular weight is 460 g/mol. The Labute approximate surface area is 191 Å². The molecule has 0 bridgehead atoms. The first-order valence-electron chi connectivity index (χ1n) is 11.0. The first-order valence-corrected chi connectivity index (χ1v) is 11.4. The van der Waals surface area contributed by atoms with E-state index in [2.05, 4.69) is 20.6 Å². The van der Waals surface area contributed by atoms with E-state index >= 15 is 0 Å². The number of carbonyl (C=O) groups is 2. The van der Waals surface area contributed by atoms with Crippen molar-refractivity contribution in [1.29, 1.82) is 0 Å². The molecule has 1 saturated heterocycles. The van der Waals surface area contributed by atoms with Crippen molar-refractivity contribution in [3.8, 4) is 0 Å². The number of nitrogens with one attached hydrogen (secondary N) is 2. The summed E-state index contributed by atoms with van der Waals surface area (Å²) < 4.78 is 13.2. The number of hydrogen-bond donors (Lipinski definition) is 2. The molecule has 1 aromatic heterocycles. The van der Waals surface area contributed by atoms with Crippen LogP contribution in [0, 0.1) is 5.82 Å². The van der Waals surface area contributed by atoms with E-state index in [-0.39, 0.29) is 35.6 Å². The van der Waals surface area contributed by atoms with Gasteiger partial charge in [0.1, 0.15) is 5.82 Å². The first-order chi connectivity index (χ1) is 15.4. The Balaban J connectivity index is 1.37. The summed E-state index contributed by atoms with van der Waals surface area (Å²) in [5.41, 5.74) is 1.21. The molecule has 1 aromatic carbocycles. The minimum Gasteiger partial charge on any atom is -0.354 e. The van der Waals surface area contributed by atoms with Gasteiger partial charge >= 0.3 is 0 Å². The molecule has 2 N–H and O–H groups in total. The Bertz CT molecular complexity index is 979. The maximum atomic E-state index is 13.2. The second-order valence-electron chi connectivity index (χ2n) is 8.56. The van der Waals surface area contributed by atoms with Gasteiger partial charge in [-0.3, -0.25) is 9.59 Å². The monoisotopic (exact) mass is 459 g/mol. The highest BCUT2D eigenvalue weighted by atomic mass is 35.5. The van der Waals surface area contributed by atoms with Gasteiger partial charge in [-0.15, -0.1) is 0 Å². The van der Waals surface area contributed by atoms with Crippen molar-refractivity contribution in [2.45, 2.75) is 57.0 Å². The standard InChI is InChI=1S/C23H27ClFN5O2/c1-14(31)27-18-6-8-19(9-7-18)28-23-26-12-20(24)21(29-23)16-10-11-30(13-16)22(32)15-2-4-17(25)5-3-15/h2-5,12,16,18-19H,6-11,13H2,1H3,(H,27,31)(H,26,28,29)/t16?,18-,19-. The van der Waals surface area contributed by atoms with E-state index < -0.39 is 0 Å². The lowest BCUT2D eigenvalue weighted by Gasteiger charge is -2.29. The van der Waals surface area contributed by atoms with Crippen LogP contribution >= 0.6 is 11.6 Å². The maximum absolute atomic E-state index is 13.2.